The van der Waals surface area contributed by atoms with Crippen molar-refractivity contribution < 1.29 is 4.74 Å². The molecule has 6 nitrogen and oxygen atoms in total. The van der Waals surface area contributed by atoms with Crippen LogP contribution >= 0.6 is 11.6 Å². The Hall–Kier alpha value is -2.34. The van der Waals surface area contributed by atoms with E-state index in [1.807, 2.05) is 18.3 Å². The molecule has 3 aromatic heterocycles. The summed E-state index contributed by atoms with van der Waals surface area (Å²) in [6.45, 7) is 2.54. The summed E-state index contributed by atoms with van der Waals surface area (Å²) in [5.41, 5.74) is 0.867. The van der Waals surface area contributed by atoms with E-state index in [9.17, 15) is 0 Å². The fourth-order valence-corrected chi connectivity index (χ4v) is 3.24. The van der Waals surface area contributed by atoms with Gasteiger partial charge in [-0.15, -0.1) is 0 Å². The van der Waals surface area contributed by atoms with Crippen molar-refractivity contribution in [1.29, 1.82) is 0 Å². The predicted molar refractivity (Wildman–Crippen MR) is 92.7 cm³/mol. The monoisotopic (exact) mass is 343 g/mol. The second-order valence-electron chi connectivity index (χ2n) is 5.98. The Morgan fingerprint density at radius 1 is 1.25 bits per heavy atom. The SMILES string of the molecule is Clc1cccnc1OCC1CCCN(c2ccn3nccc3n2)C1. The molecule has 1 saturated heterocycles. The van der Waals surface area contributed by atoms with E-state index in [1.54, 1.807) is 29.0 Å². The molecular weight excluding hydrogens is 326 g/mol. The lowest BCUT2D eigenvalue weighted by Crippen LogP contribution is -2.38. The lowest BCUT2D eigenvalue weighted by atomic mass is 9.99. The number of nitrogens with zero attached hydrogens (tertiary/aromatic N) is 5. The van der Waals surface area contributed by atoms with Gasteiger partial charge in [0.2, 0.25) is 5.88 Å². The number of pyridine rings is 1. The van der Waals surface area contributed by atoms with E-state index in [-0.39, 0.29) is 0 Å². The number of halogens is 1. The molecule has 1 atom stereocenters. The first-order chi connectivity index (χ1) is 11.8. The molecule has 0 N–H and O–H groups in total. The highest BCUT2D eigenvalue weighted by Gasteiger charge is 2.22. The molecule has 0 aromatic carbocycles. The normalized spacial score (nSPS) is 18.0. The van der Waals surface area contributed by atoms with Gasteiger partial charge in [-0.2, -0.15) is 5.10 Å². The van der Waals surface area contributed by atoms with E-state index >= 15 is 0 Å². The fraction of sp³-hybridized carbons (Fsp3) is 0.353. The van der Waals surface area contributed by atoms with Crippen LogP contribution in [-0.2, 0) is 0 Å². The molecule has 24 heavy (non-hydrogen) atoms. The molecule has 0 radical (unpaired) electrons. The number of hydrogen-bond donors (Lipinski definition) is 0. The lowest BCUT2D eigenvalue weighted by molar-refractivity contribution is 0.221. The maximum atomic E-state index is 6.10. The molecule has 4 heterocycles. The Morgan fingerprint density at radius 3 is 3.12 bits per heavy atom. The smallest absolute Gasteiger partial charge is 0.232 e. The van der Waals surface area contributed by atoms with Crippen LogP contribution in [0.25, 0.3) is 5.65 Å². The zero-order valence-corrected chi connectivity index (χ0v) is 13.9. The molecule has 1 aliphatic rings. The van der Waals surface area contributed by atoms with Gasteiger partial charge in [0.1, 0.15) is 10.8 Å². The van der Waals surface area contributed by atoms with Gasteiger partial charge in [0, 0.05) is 37.5 Å². The summed E-state index contributed by atoms with van der Waals surface area (Å²) in [5, 5.41) is 4.74. The second kappa shape index (κ2) is 6.65. The maximum Gasteiger partial charge on any atom is 0.232 e. The zero-order valence-electron chi connectivity index (χ0n) is 13.2. The van der Waals surface area contributed by atoms with Gasteiger partial charge >= 0.3 is 0 Å². The summed E-state index contributed by atoms with van der Waals surface area (Å²) in [5.74, 6) is 1.93. The largest absolute Gasteiger partial charge is 0.476 e. The van der Waals surface area contributed by atoms with Gasteiger partial charge < -0.3 is 9.64 Å². The van der Waals surface area contributed by atoms with Crippen LogP contribution < -0.4 is 9.64 Å². The van der Waals surface area contributed by atoms with E-state index < -0.39 is 0 Å². The van der Waals surface area contributed by atoms with E-state index in [0.717, 1.165) is 37.4 Å². The molecule has 0 saturated carbocycles. The van der Waals surface area contributed by atoms with Crippen LogP contribution in [0.1, 0.15) is 12.8 Å². The van der Waals surface area contributed by atoms with Crippen LogP contribution in [0.3, 0.4) is 0 Å². The Labute approximate surface area is 145 Å². The average Bonchev–Trinajstić information content (AvgIpc) is 3.09. The van der Waals surface area contributed by atoms with Crippen molar-refractivity contribution in [3.05, 3.63) is 47.9 Å². The van der Waals surface area contributed by atoms with Gasteiger partial charge in [0.05, 0.1) is 12.8 Å². The van der Waals surface area contributed by atoms with Crippen molar-refractivity contribution in [3.63, 3.8) is 0 Å². The molecule has 0 aliphatic carbocycles. The van der Waals surface area contributed by atoms with Crippen LogP contribution in [-0.4, -0.2) is 39.3 Å². The third kappa shape index (κ3) is 3.14. The van der Waals surface area contributed by atoms with Crippen LogP contribution in [0, 0.1) is 5.92 Å². The van der Waals surface area contributed by atoms with Crippen LogP contribution in [0.4, 0.5) is 5.82 Å². The van der Waals surface area contributed by atoms with Crippen molar-refractivity contribution in [3.8, 4) is 5.88 Å². The lowest BCUT2D eigenvalue weighted by Gasteiger charge is -2.33. The molecule has 0 bridgehead atoms. The Morgan fingerprint density at radius 2 is 2.21 bits per heavy atom. The van der Waals surface area contributed by atoms with E-state index in [2.05, 4.69) is 20.0 Å². The molecule has 1 aliphatic heterocycles. The molecular formula is C17H18ClN5O. The number of ether oxygens (including phenoxy) is 1. The minimum atomic E-state index is 0.430. The first-order valence-electron chi connectivity index (χ1n) is 8.08. The summed E-state index contributed by atoms with van der Waals surface area (Å²) in [6, 6.07) is 7.52. The average molecular weight is 344 g/mol. The first-order valence-corrected chi connectivity index (χ1v) is 8.46. The molecule has 4 rings (SSSR count). The van der Waals surface area contributed by atoms with E-state index in [1.165, 1.54) is 0 Å². The minimum Gasteiger partial charge on any atom is -0.476 e. The molecule has 0 spiro atoms. The number of aromatic nitrogens is 4. The molecule has 1 fully saturated rings. The number of anilines is 1. The quantitative estimate of drug-likeness (QED) is 0.728. The van der Waals surface area contributed by atoms with Crippen LogP contribution in [0.5, 0.6) is 5.88 Å². The molecule has 124 valence electrons. The highest BCUT2D eigenvalue weighted by molar-refractivity contribution is 6.31. The van der Waals surface area contributed by atoms with Gasteiger partial charge in [-0.3, -0.25) is 0 Å². The number of fused-ring (bicyclic) bond motifs is 1. The van der Waals surface area contributed by atoms with Crippen molar-refractivity contribution in [2.24, 2.45) is 5.92 Å². The van der Waals surface area contributed by atoms with Crippen LogP contribution in [0.2, 0.25) is 5.02 Å². The fourth-order valence-electron chi connectivity index (χ4n) is 3.06. The summed E-state index contributed by atoms with van der Waals surface area (Å²) in [6.07, 6.45) is 7.66. The summed E-state index contributed by atoms with van der Waals surface area (Å²) < 4.78 is 7.59. The van der Waals surface area contributed by atoms with Gasteiger partial charge in [0.15, 0.2) is 5.65 Å². The number of piperidine rings is 1. The third-order valence-corrected chi connectivity index (χ3v) is 4.55. The van der Waals surface area contributed by atoms with Crippen molar-refractivity contribution in [1.82, 2.24) is 19.6 Å². The topological polar surface area (TPSA) is 55.5 Å². The summed E-state index contributed by atoms with van der Waals surface area (Å²) in [7, 11) is 0. The number of rotatable bonds is 4. The standard InChI is InChI=1S/C17H18ClN5O/c18-14-4-1-7-19-17(14)24-12-13-3-2-9-22(11-13)15-6-10-23-16(21-15)5-8-20-23/h1,4-8,10,13H,2-3,9,11-12H2. The zero-order chi connectivity index (χ0) is 16.4. The first kappa shape index (κ1) is 15.2. The minimum absolute atomic E-state index is 0.430. The molecule has 1 unspecified atom stereocenters. The van der Waals surface area contributed by atoms with E-state index in [4.69, 9.17) is 16.3 Å². The van der Waals surface area contributed by atoms with Crippen molar-refractivity contribution in [2.75, 3.05) is 24.6 Å². The second-order valence-corrected chi connectivity index (χ2v) is 6.38. The Balaban J connectivity index is 1.42. The maximum absolute atomic E-state index is 6.10. The van der Waals surface area contributed by atoms with Gasteiger partial charge in [-0.25, -0.2) is 14.5 Å². The predicted octanol–water partition coefficient (Wildman–Crippen LogP) is 3.07. The highest BCUT2D eigenvalue weighted by atomic mass is 35.5. The third-order valence-electron chi connectivity index (χ3n) is 4.27. The highest BCUT2D eigenvalue weighted by Crippen LogP contribution is 2.25. The van der Waals surface area contributed by atoms with Crippen molar-refractivity contribution >= 4 is 23.1 Å². The summed E-state index contributed by atoms with van der Waals surface area (Å²) in [4.78, 5) is 11.2. The molecule has 3 aromatic rings. The van der Waals surface area contributed by atoms with E-state index in [0.29, 0.717) is 23.4 Å². The Kier molecular flexibility index (Phi) is 4.21. The molecule has 0 amide bonds. The van der Waals surface area contributed by atoms with Crippen LogP contribution in [0.15, 0.2) is 42.9 Å². The Bertz CT molecular complexity index is 836. The van der Waals surface area contributed by atoms with Gasteiger partial charge in [0.25, 0.3) is 0 Å². The number of hydrogen-bond acceptors (Lipinski definition) is 5. The van der Waals surface area contributed by atoms with Gasteiger partial charge in [-0.1, -0.05) is 11.6 Å². The van der Waals surface area contributed by atoms with Crippen molar-refractivity contribution in [2.45, 2.75) is 12.8 Å². The molecule has 7 heteroatoms. The summed E-state index contributed by atoms with van der Waals surface area (Å²) >= 11 is 6.10. The van der Waals surface area contributed by atoms with Gasteiger partial charge in [-0.05, 0) is 31.0 Å².